The molecule has 0 atom stereocenters. The molecule has 0 fully saturated rings. The largest absolute Gasteiger partial charge is 0.334 e. The zero-order chi connectivity index (χ0) is 20.0. The molecule has 3 aromatic rings. The van der Waals surface area contributed by atoms with Crippen LogP contribution in [0.5, 0.6) is 0 Å². The van der Waals surface area contributed by atoms with E-state index in [9.17, 15) is 13.2 Å². The van der Waals surface area contributed by atoms with Gasteiger partial charge in [0.25, 0.3) is 10.0 Å². The van der Waals surface area contributed by atoms with E-state index in [4.69, 9.17) is 11.6 Å². The van der Waals surface area contributed by atoms with Gasteiger partial charge in [-0.2, -0.15) is 0 Å². The zero-order valence-corrected chi connectivity index (χ0v) is 16.2. The Labute approximate surface area is 167 Å². The second-order valence-electron chi connectivity index (χ2n) is 5.81. The van der Waals surface area contributed by atoms with E-state index in [-0.39, 0.29) is 10.9 Å². The molecule has 0 unspecified atom stereocenters. The Bertz CT molecular complexity index is 1060. The first-order chi connectivity index (χ1) is 13.4. The molecular formula is C19H17ClN4O3S. The minimum absolute atomic E-state index is 0.0666. The maximum atomic E-state index is 12.4. The summed E-state index contributed by atoms with van der Waals surface area (Å²) in [4.78, 5) is 16.0. The molecule has 0 spiro atoms. The lowest BCUT2D eigenvalue weighted by Gasteiger charge is -2.10. The van der Waals surface area contributed by atoms with Crippen LogP contribution in [0.25, 0.3) is 0 Å². The van der Waals surface area contributed by atoms with Crippen LogP contribution in [0.15, 0.2) is 78.0 Å². The van der Waals surface area contributed by atoms with Crippen LogP contribution in [-0.4, -0.2) is 19.4 Å². The highest BCUT2D eigenvalue weighted by molar-refractivity contribution is 7.92. The van der Waals surface area contributed by atoms with E-state index in [1.54, 1.807) is 54.9 Å². The van der Waals surface area contributed by atoms with Gasteiger partial charge in [-0.15, -0.1) is 0 Å². The van der Waals surface area contributed by atoms with Crippen molar-refractivity contribution in [2.45, 2.75) is 11.4 Å². The van der Waals surface area contributed by atoms with Crippen LogP contribution < -0.4 is 15.4 Å². The Balaban J connectivity index is 1.58. The molecule has 0 aliphatic rings. The zero-order valence-electron chi connectivity index (χ0n) is 14.6. The number of sulfonamides is 1. The van der Waals surface area contributed by atoms with Gasteiger partial charge in [0.15, 0.2) is 0 Å². The van der Waals surface area contributed by atoms with Gasteiger partial charge in [0.1, 0.15) is 0 Å². The van der Waals surface area contributed by atoms with Crippen LogP contribution >= 0.6 is 11.6 Å². The number of amides is 2. The molecule has 3 N–H and O–H groups in total. The van der Waals surface area contributed by atoms with Crippen LogP contribution in [0.2, 0.25) is 5.02 Å². The summed E-state index contributed by atoms with van der Waals surface area (Å²) >= 11 is 5.85. The van der Waals surface area contributed by atoms with Gasteiger partial charge in [-0.25, -0.2) is 13.2 Å². The fraction of sp³-hybridized carbons (Fsp3) is 0.0526. The lowest BCUT2D eigenvalue weighted by molar-refractivity contribution is 0.251. The van der Waals surface area contributed by atoms with Crippen molar-refractivity contribution in [3.05, 3.63) is 83.6 Å². The number of carbonyl (C=O) groups excluding carboxylic acids is 1. The summed E-state index contributed by atoms with van der Waals surface area (Å²) in [6.07, 6.45) is 3.33. The second-order valence-corrected chi connectivity index (χ2v) is 7.93. The quantitative estimate of drug-likeness (QED) is 0.568. The number of urea groups is 1. The number of anilines is 2. The van der Waals surface area contributed by atoms with Gasteiger partial charge in [0.2, 0.25) is 0 Å². The van der Waals surface area contributed by atoms with E-state index < -0.39 is 10.0 Å². The third kappa shape index (κ3) is 5.45. The first kappa shape index (κ1) is 19.7. The number of hydrogen-bond donors (Lipinski definition) is 3. The number of hydrogen-bond acceptors (Lipinski definition) is 4. The van der Waals surface area contributed by atoms with Crippen molar-refractivity contribution in [3.63, 3.8) is 0 Å². The first-order valence-electron chi connectivity index (χ1n) is 8.24. The smallest absolute Gasteiger partial charge is 0.319 e. The minimum atomic E-state index is -3.75. The van der Waals surface area contributed by atoms with Crippen molar-refractivity contribution in [1.82, 2.24) is 10.3 Å². The molecule has 0 saturated heterocycles. The van der Waals surface area contributed by atoms with E-state index in [0.717, 1.165) is 5.56 Å². The van der Waals surface area contributed by atoms with Crippen LogP contribution in [0.4, 0.5) is 16.2 Å². The molecule has 0 saturated carbocycles. The van der Waals surface area contributed by atoms with Crippen molar-refractivity contribution in [1.29, 1.82) is 0 Å². The van der Waals surface area contributed by atoms with Gasteiger partial charge in [-0.1, -0.05) is 23.7 Å². The summed E-state index contributed by atoms with van der Waals surface area (Å²) in [7, 11) is -3.75. The summed E-state index contributed by atoms with van der Waals surface area (Å²) in [6.45, 7) is 0.344. The third-order valence-corrected chi connectivity index (χ3v) is 5.29. The van der Waals surface area contributed by atoms with Crippen LogP contribution in [-0.2, 0) is 16.6 Å². The van der Waals surface area contributed by atoms with Crippen molar-refractivity contribution >= 4 is 39.0 Å². The van der Waals surface area contributed by atoms with Crippen LogP contribution in [0.3, 0.4) is 0 Å². The molecule has 1 heterocycles. The fourth-order valence-corrected chi connectivity index (χ4v) is 3.69. The van der Waals surface area contributed by atoms with Gasteiger partial charge in [-0.05, 0) is 54.1 Å². The highest BCUT2D eigenvalue weighted by Crippen LogP contribution is 2.20. The van der Waals surface area contributed by atoms with Gasteiger partial charge < -0.3 is 10.6 Å². The number of benzene rings is 2. The Morgan fingerprint density at radius 1 is 1.00 bits per heavy atom. The van der Waals surface area contributed by atoms with Gasteiger partial charge in [0.05, 0.1) is 4.90 Å². The molecule has 9 heteroatoms. The number of nitrogens with zero attached hydrogens (tertiary/aromatic N) is 1. The van der Waals surface area contributed by atoms with Gasteiger partial charge in [-0.3, -0.25) is 9.71 Å². The Morgan fingerprint density at radius 2 is 1.75 bits per heavy atom. The van der Waals surface area contributed by atoms with E-state index in [0.29, 0.717) is 22.9 Å². The van der Waals surface area contributed by atoms with Crippen molar-refractivity contribution in [3.8, 4) is 0 Å². The maximum Gasteiger partial charge on any atom is 0.319 e. The van der Waals surface area contributed by atoms with Crippen molar-refractivity contribution < 1.29 is 13.2 Å². The van der Waals surface area contributed by atoms with Gasteiger partial charge in [0, 0.05) is 35.3 Å². The maximum absolute atomic E-state index is 12.4. The minimum Gasteiger partial charge on any atom is -0.334 e. The Morgan fingerprint density at radius 3 is 2.43 bits per heavy atom. The molecule has 0 aliphatic carbocycles. The van der Waals surface area contributed by atoms with Crippen molar-refractivity contribution in [2.24, 2.45) is 0 Å². The number of aromatic nitrogens is 1. The van der Waals surface area contributed by atoms with E-state index in [2.05, 4.69) is 20.3 Å². The van der Waals surface area contributed by atoms with Crippen LogP contribution in [0, 0.1) is 0 Å². The monoisotopic (exact) mass is 416 g/mol. The van der Waals surface area contributed by atoms with E-state index >= 15 is 0 Å². The van der Waals surface area contributed by atoms with Gasteiger partial charge >= 0.3 is 6.03 Å². The molecule has 2 amide bonds. The molecule has 3 rings (SSSR count). The third-order valence-electron chi connectivity index (χ3n) is 3.68. The SMILES string of the molecule is O=C(NCc1cccnc1)Nc1ccc(NS(=O)(=O)c2cccc(Cl)c2)cc1. The molecule has 28 heavy (non-hydrogen) atoms. The topological polar surface area (TPSA) is 100 Å². The first-order valence-corrected chi connectivity index (χ1v) is 10.1. The molecule has 1 aromatic heterocycles. The number of rotatable bonds is 6. The normalized spacial score (nSPS) is 10.9. The summed E-state index contributed by atoms with van der Waals surface area (Å²) < 4.78 is 27.2. The van der Waals surface area contributed by atoms with Crippen LogP contribution in [0.1, 0.15) is 5.56 Å². The number of carbonyl (C=O) groups is 1. The Hall–Kier alpha value is -3.10. The predicted molar refractivity (Wildman–Crippen MR) is 109 cm³/mol. The summed E-state index contributed by atoms with van der Waals surface area (Å²) in [5.74, 6) is 0. The second kappa shape index (κ2) is 8.73. The fourth-order valence-electron chi connectivity index (χ4n) is 2.33. The average molecular weight is 417 g/mol. The molecule has 7 nitrogen and oxygen atoms in total. The number of pyridine rings is 1. The predicted octanol–water partition coefficient (Wildman–Crippen LogP) is 3.86. The summed E-state index contributed by atoms with van der Waals surface area (Å²) in [6, 6.07) is 15.6. The highest BCUT2D eigenvalue weighted by atomic mass is 35.5. The number of nitrogens with one attached hydrogen (secondary N) is 3. The lowest BCUT2D eigenvalue weighted by Crippen LogP contribution is -2.28. The Kier molecular flexibility index (Phi) is 6.13. The van der Waals surface area contributed by atoms with E-state index in [1.807, 2.05) is 6.07 Å². The molecule has 2 aromatic carbocycles. The molecule has 144 valence electrons. The molecular weight excluding hydrogens is 400 g/mol. The highest BCUT2D eigenvalue weighted by Gasteiger charge is 2.14. The average Bonchev–Trinajstić information content (AvgIpc) is 2.68. The summed E-state index contributed by atoms with van der Waals surface area (Å²) in [5.41, 5.74) is 1.76. The molecule has 0 aliphatic heterocycles. The standard InChI is InChI=1S/C19H17ClN4O3S/c20-15-4-1-5-18(11-15)28(26,27)24-17-8-6-16(7-9-17)23-19(25)22-13-14-3-2-10-21-12-14/h1-12,24H,13H2,(H2,22,23,25). The summed E-state index contributed by atoms with van der Waals surface area (Å²) in [5, 5.41) is 5.72. The molecule has 0 radical (unpaired) electrons. The lowest BCUT2D eigenvalue weighted by atomic mass is 10.3. The van der Waals surface area contributed by atoms with E-state index in [1.165, 1.54) is 12.1 Å². The van der Waals surface area contributed by atoms with Crippen molar-refractivity contribution in [2.75, 3.05) is 10.0 Å². The number of halogens is 1. The molecule has 0 bridgehead atoms.